The Hall–Kier alpha value is -0.900. The van der Waals surface area contributed by atoms with Crippen LogP contribution < -0.4 is 0 Å². The van der Waals surface area contributed by atoms with Crippen LogP contribution in [0, 0.1) is 0 Å². The number of ether oxygens (including phenoxy) is 1. The van der Waals surface area contributed by atoms with Crippen molar-refractivity contribution < 1.29 is 14.3 Å². The SMILES string of the molecule is CO[C@H](C)C(=O)N1CCCC(=O)C1. The molecule has 0 spiro atoms. The zero-order valence-corrected chi connectivity index (χ0v) is 8.08. The predicted octanol–water partition coefficient (Wildman–Crippen LogP) is 0.213. The fraction of sp³-hybridized carbons (Fsp3) is 0.778. The highest BCUT2D eigenvalue weighted by molar-refractivity contribution is 5.88. The lowest BCUT2D eigenvalue weighted by Crippen LogP contribution is -2.44. The molecule has 0 N–H and O–H groups in total. The van der Waals surface area contributed by atoms with Gasteiger partial charge in [0.2, 0.25) is 0 Å². The molecule has 4 nitrogen and oxygen atoms in total. The molecule has 1 heterocycles. The first-order valence-corrected chi connectivity index (χ1v) is 4.48. The van der Waals surface area contributed by atoms with Gasteiger partial charge in [0.25, 0.3) is 5.91 Å². The first-order chi connectivity index (χ1) is 6.15. The average Bonchev–Trinajstić information content (AvgIpc) is 2.15. The quantitative estimate of drug-likeness (QED) is 0.618. The first kappa shape index (κ1) is 10.2. The Labute approximate surface area is 77.8 Å². The third kappa shape index (κ3) is 2.52. The highest BCUT2D eigenvalue weighted by atomic mass is 16.5. The van der Waals surface area contributed by atoms with Crippen LogP contribution in [0.3, 0.4) is 0 Å². The number of likely N-dealkylation sites (tertiary alicyclic amines) is 1. The summed E-state index contributed by atoms with van der Waals surface area (Å²) in [6, 6.07) is 0. The van der Waals surface area contributed by atoms with E-state index in [1.807, 2.05) is 0 Å². The van der Waals surface area contributed by atoms with E-state index in [0.717, 1.165) is 6.42 Å². The van der Waals surface area contributed by atoms with E-state index in [9.17, 15) is 9.59 Å². The molecule has 1 aliphatic rings. The number of hydrogen-bond acceptors (Lipinski definition) is 3. The highest BCUT2D eigenvalue weighted by Crippen LogP contribution is 2.08. The standard InChI is InChI=1S/C9H15NO3/c1-7(13-2)9(12)10-5-3-4-8(11)6-10/h7H,3-6H2,1-2H3/t7-/m1/s1. The summed E-state index contributed by atoms with van der Waals surface area (Å²) in [7, 11) is 1.49. The maximum absolute atomic E-state index is 11.5. The van der Waals surface area contributed by atoms with E-state index in [4.69, 9.17) is 4.74 Å². The summed E-state index contributed by atoms with van der Waals surface area (Å²) in [4.78, 5) is 24.1. The van der Waals surface area contributed by atoms with Crippen LogP contribution >= 0.6 is 0 Å². The van der Waals surface area contributed by atoms with Crippen molar-refractivity contribution in [1.82, 2.24) is 4.90 Å². The van der Waals surface area contributed by atoms with Crippen molar-refractivity contribution in [2.24, 2.45) is 0 Å². The molecule has 4 heteroatoms. The van der Waals surface area contributed by atoms with Crippen LogP contribution in [0.25, 0.3) is 0 Å². The van der Waals surface area contributed by atoms with Gasteiger partial charge in [-0.2, -0.15) is 0 Å². The number of nitrogens with zero attached hydrogens (tertiary/aromatic N) is 1. The van der Waals surface area contributed by atoms with Crippen molar-refractivity contribution >= 4 is 11.7 Å². The molecule has 0 aromatic carbocycles. The Morgan fingerprint density at radius 1 is 1.62 bits per heavy atom. The van der Waals surface area contributed by atoms with E-state index in [2.05, 4.69) is 0 Å². The molecular weight excluding hydrogens is 170 g/mol. The topological polar surface area (TPSA) is 46.6 Å². The fourth-order valence-electron chi connectivity index (χ4n) is 1.38. The molecule has 1 rings (SSSR count). The van der Waals surface area contributed by atoms with Crippen molar-refractivity contribution in [3.63, 3.8) is 0 Å². The minimum Gasteiger partial charge on any atom is -0.372 e. The number of Topliss-reactive ketones (excluding diaryl/α,β-unsaturated/α-hetero) is 1. The van der Waals surface area contributed by atoms with Gasteiger partial charge in [-0.3, -0.25) is 9.59 Å². The molecule has 0 radical (unpaired) electrons. The molecule has 13 heavy (non-hydrogen) atoms. The highest BCUT2D eigenvalue weighted by Gasteiger charge is 2.24. The number of amides is 1. The molecule has 1 fully saturated rings. The fourth-order valence-corrected chi connectivity index (χ4v) is 1.38. The Balaban J connectivity index is 2.50. The predicted molar refractivity (Wildman–Crippen MR) is 47.3 cm³/mol. The molecule has 74 valence electrons. The number of piperidine rings is 1. The van der Waals surface area contributed by atoms with Crippen molar-refractivity contribution in [3.8, 4) is 0 Å². The van der Waals surface area contributed by atoms with Gasteiger partial charge < -0.3 is 9.64 Å². The molecule has 1 amide bonds. The van der Waals surface area contributed by atoms with Crippen LogP contribution in [0.1, 0.15) is 19.8 Å². The number of methoxy groups -OCH3 is 1. The smallest absolute Gasteiger partial charge is 0.251 e. The molecule has 1 atom stereocenters. The van der Waals surface area contributed by atoms with Crippen LogP contribution in [-0.2, 0) is 14.3 Å². The number of hydrogen-bond donors (Lipinski definition) is 0. The monoisotopic (exact) mass is 185 g/mol. The summed E-state index contributed by atoms with van der Waals surface area (Å²) < 4.78 is 4.90. The lowest BCUT2D eigenvalue weighted by molar-refractivity contribution is -0.145. The summed E-state index contributed by atoms with van der Waals surface area (Å²) in [5.74, 6) is 0.0541. The van der Waals surface area contributed by atoms with Crippen molar-refractivity contribution in [2.45, 2.75) is 25.9 Å². The second-order valence-electron chi connectivity index (χ2n) is 3.28. The van der Waals surface area contributed by atoms with E-state index in [1.54, 1.807) is 11.8 Å². The van der Waals surface area contributed by atoms with Gasteiger partial charge >= 0.3 is 0 Å². The normalized spacial score (nSPS) is 20.2. The van der Waals surface area contributed by atoms with E-state index < -0.39 is 6.10 Å². The number of ketones is 1. The largest absolute Gasteiger partial charge is 0.372 e. The maximum atomic E-state index is 11.5. The van der Waals surface area contributed by atoms with Gasteiger partial charge in [-0.15, -0.1) is 0 Å². The number of rotatable bonds is 2. The molecule has 0 aliphatic carbocycles. The molecule has 0 bridgehead atoms. The molecule has 0 unspecified atom stereocenters. The minimum atomic E-state index is -0.439. The lowest BCUT2D eigenvalue weighted by atomic mass is 10.1. The van der Waals surface area contributed by atoms with Gasteiger partial charge in [-0.25, -0.2) is 0 Å². The summed E-state index contributed by atoms with van der Waals surface area (Å²) >= 11 is 0. The van der Waals surface area contributed by atoms with E-state index in [0.29, 0.717) is 13.0 Å². The van der Waals surface area contributed by atoms with Crippen molar-refractivity contribution in [1.29, 1.82) is 0 Å². The van der Waals surface area contributed by atoms with E-state index in [-0.39, 0.29) is 18.2 Å². The second kappa shape index (κ2) is 4.37. The molecule has 1 aliphatic heterocycles. The summed E-state index contributed by atoms with van der Waals surface area (Å²) in [5, 5.41) is 0. The van der Waals surface area contributed by atoms with Crippen molar-refractivity contribution in [2.75, 3.05) is 20.2 Å². The summed E-state index contributed by atoms with van der Waals surface area (Å²) in [5.41, 5.74) is 0. The zero-order chi connectivity index (χ0) is 9.84. The van der Waals surface area contributed by atoms with E-state index >= 15 is 0 Å². The molecule has 0 saturated carbocycles. The van der Waals surface area contributed by atoms with Crippen LogP contribution in [0.4, 0.5) is 0 Å². The van der Waals surface area contributed by atoms with Gasteiger partial charge in [0, 0.05) is 20.1 Å². The second-order valence-corrected chi connectivity index (χ2v) is 3.28. The van der Waals surface area contributed by atoms with Crippen LogP contribution in [-0.4, -0.2) is 42.9 Å². The molecule has 1 saturated heterocycles. The first-order valence-electron chi connectivity index (χ1n) is 4.48. The van der Waals surface area contributed by atoms with Gasteiger partial charge in [-0.1, -0.05) is 0 Å². The van der Waals surface area contributed by atoms with Crippen LogP contribution in [0.15, 0.2) is 0 Å². The Morgan fingerprint density at radius 2 is 2.31 bits per heavy atom. The van der Waals surface area contributed by atoms with E-state index in [1.165, 1.54) is 7.11 Å². The lowest BCUT2D eigenvalue weighted by Gasteiger charge is -2.27. The number of carbonyl (C=O) groups is 2. The Morgan fingerprint density at radius 3 is 2.85 bits per heavy atom. The Kier molecular flexibility index (Phi) is 3.42. The van der Waals surface area contributed by atoms with Crippen molar-refractivity contribution in [3.05, 3.63) is 0 Å². The average molecular weight is 185 g/mol. The third-order valence-corrected chi connectivity index (χ3v) is 2.26. The van der Waals surface area contributed by atoms with Gasteiger partial charge in [-0.05, 0) is 13.3 Å². The van der Waals surface area contributed by atoms with Crippen LogP contribution in [0.5, 0.6) is 0 Å². The number of carbonyl (C=O) groups excluding carboxylic acids is 2. The summed E-state index contributed by atoms with van der Waals surface area (Å²) in [6.07, 6.45) is 0.942. The Bertz CT molecular complexity index is 215. The van der Waals surface area contributed by atoms with Gasteiger partial charge in [0.15, 0.2) is 5.78 Å². The zero-order valence-electron chi connectivity index (χ0n) is 8.08. The maximum Gasteiger partial charge on any atom is 0.251 e. The molecule has 0 aromatic rings. The van der Waals surface area contributed by atoms with Crippen LogP contribution in [0.2, 0.25) is 0 Å². The molecule has 0 aromatic heterocycles. The molecular formula is C9H15NO3. The van der Waals surface area contributed by atoms with Gasteiger partial charge in [0.05, 0.1) is 6.54 Å². The third-order valence-electron chi connectivity index (χ3n) is 2.26. The van der Waals surface area contributed by atoms with Gasteiger partial charge in [0.1, 0.15) is 6.10 Å². The summed E-state index contributed by atoms with van der Waals surface area (Å²) in [6.45, 7) is 2.63. The minimum absolute atomic E-state index is 0.0875.